The van der Waals surface area contributed by atoms with Gasteiger partial charge in [-0.1, -0.05) is 25.1 Å². The molecular weight excluding hydrogens is 314 g/mol. The standard InChI is InChI=1S/C19H25N5O/c1-3-17-21-22-18-9-8-15(12-24(17)18)20-13(2)19(25)23-11-10-14-6-4-5-7-16(14)23/h4-7,13,15,20H,3,8-12H2,1-2H3. The van der Waals surface area contributed by atoms with E-state index in [1.165, 1.54) is 5.56 Å². The second-order valence-electron chi connectivity index (χ2n) is 6.99. The Morgan fingerprint density at radius 2 is 2.16 bits per heavy atom. The predicted molar refractivity (Wildman–Crippen MR) is 96.6 cm³/mol. The lowest BCUT2D eigenvalue weighted by molar-refractivity contribution is -0.120. The summed E-state index contributed by atoms with van der Waals surface area (Å²) >= 11 is 0. The highest BCUT2D eigenvalue weighted by molar-refractivity contribution is 5.98. The van der Waals surface area contributed by atoms with Gasteiger partial charge in [0, 0.05) is 37.7 Å². The second-order valence-corrected chi connectivity index (χ2v) is 6.99. The Bertz CT molecular complexity index is 770. The lowest BCUT2D eigenvalue weighted by Crippen LogP contribution is -2.50. The predicted octanol–water partition coefficient (Wildman–Crippen LogP) is 1.72. The van der Waals surface area contributed by atoms with Gasteiger partial charge in [-0.05, 0) is 31.4 Å². The molecule has 0 bridgehead atoms. The van der Waals surface area contributed by atoms with Crippen molar-refractivity contribution in [1.82, 2.24) is 20.1 Å². The second kappa shape index (κ2) is 6.59. The van der Waals surface area contributed by atoms with Crippen LogP contribution in [0.4, 0.5) is 5.69 Å². The number of nitrogens with one attached hydrogen (secondary N) is 1. The summed E-state index contributed by atoms with van der Waals surface area (Å²) in [6.07, 6.45) is 3.74. The number of carbonyl (C=O) groups excluding carboxylic acids is 1. The zero-order valence-electron chi connectivity index (χ0n) is 14.9. The van der Waals surface area contributed by atoms with E-state index in [0.717, 1.165) is 56.1 Å². The van der Waals surface area contributed by atoms with Gasteiger partial charge in [-0.25, -0.2) is 0 Å². The van der Waals surface area contributed by atoms with Crippen LogP contribution in [-0.2, 0) is 30.6 Å². The molecular formula is C19H25N5O. The highest BCUT2D eigenvalue weighted by Gasteiger charge is 2.30. The minimum absolute atomic E-state index is 0.162. The SMILES string of the molecule is CCc1nnc2n1CC(NC(C)C(=O)N1CCc3ccccc31)CC2. The maximum Gasteiger partial charge on any atom is 0.243 e. The van der Waals surface area contributed by atoms with Crippen molar-refractivity contribution in [2.24, 2.45) is 0 Å². The van der Waals surface area contributed by atoms with Gasteiger partial charge in [-0.2, -0.15) is 0 Å². The first kappa shape index (κ1) is 16.3. The first-order valence-electron chi connectivity index (χ1n) is 9.23. The van der Waals surface area contributed by atoms with Gasteiger partial charge in [0.25, 0.3) is 0 Å². The number of amides is 1. The molecule has 3 heterocycles. The number of aryl methyl sites for hydroxylation is 2. The molecule has 2 aromatic rings. The van der Waals surface area contributed by atoms with E-state index < -0.39 is 0 Å². The van der Waals surface area contributed by atoms with Crippen LogP contribution in [-0.4, -0.2) is 39.3 Å². The van der Waals surface area contributed by atoms with Crippen molar-refractivity contribution in [1.29, 1.82) is 0 Å². The van der Waals surface area contributed by atoms with Gasteiger partial charge in [-0.3, -0.25) is 4.79 Å². The Morgan fingerprint density at radius 3 is 3.00 bits per heavy atom. The molecule has 0 saturated carbocycles. The summed E-state index contributed by atoms with van der Waals surface area (Å²) in [7, 11) is 0. The Hall–Kier alpha value is -2.21. The molecule has 0 fully saturated rings. The highest BCUT2D eigenvalue weighted by atomic mass is 16.2. The fourth-order valence-corrected chi connectivity index (χ4v) is 4.01. The van der Waals surface area contributed by atoms with Crippen molar-refractivity contribution in [2.45, 2.75) is 58.2 Å². The fraction of sp³-hybridized carbons (Fsp3) is 0.526. The normalized spacial score (nSPS) is 20.2. The Morgan fingerprint density at radius 1 is 1.32 bits per heavy atom. The van der Waals surface area contributed by atoms with E-state index >= 15 is 0 Å². The summed E-state index contributed by atoms with van der Waals surface area (Å²) < 4.78 is 2.21. The summed E-state index contributed by atoms with van der Waals surface area (Å²) in [5.41, 5.74) is 2.33. The van der Waals surface area contributed by atoms with E-state index in [1.54, 1.807) is 0 Å². The van der Waals surface area contributed by atoms with Crippen molar-refractivity contribution in [3.05, 3.63) is 41.5 Å². The number of benzene rings is 1. The van der Waals surface area contributed by atoms with Gasteiger partial charge in [0.05, 0.1) is 6.04 Å². The summed E-state index contributed by atoms with van der Waals surface area (Å²) in [6.45, 7) is 5.71. The Kier molecular flexibility index (Phi) is 4.29. The van der Waals surface area contributed by atoms with Gasteiger partial charge in [0.1, 0.15) is 11.6 Å². The van der Waals surface area contributed by atoms with Crippen molar-refractivity contribution in [2.75, 3.05) is 11.4 Å². The average molecular weight is 339 g/mol. The third-order valence-corrected chi connectivity index (χ3v) is 5.35. The highest BCUT2D eigenvalue weighted by Crippen LogP contribution is 2.28. The number of anilines is 1. The van der Waals surface area contributed by atoms with E-state index in [1.807, 2.05) is 30.0 Å². The van der Waals surface area contributed by atoms with Crippen LogP contribution in [0.3, 0.4) is 0 Å². The zero-order chi connectivity index (χ0) is 17.4. The summed E-state index contributed by atoms with van der Waals surface area (Å²) in [5.74, 6) is 2.27. The number of nitrogens with zero attached hydrogens (tertiary/aromatic N) is 4. The monoisotopic (exact) mass is 339 g/mol. The molecule has 1 amide bonds. The molecule has 1 aromatic heterocycles. The molecule has 2 unspecified atom stereocenters. The number of hydrogen-bond donors (Lipinski definition) is 1. The van der Waals surface area contributed by atoms with E-state index in [2.05, 4.69) is 33.1 Å². The third-order valence-electron chi connectivity index (χ3n) is 5.35. The van der Waals surface area contributed by atoms with Crippen LogP contribution in [0.15, 0.2) is 24.3 Å². The molecule has 2 atom stereocenters. The van der Waals surface area contributed by atoms with E-state index in [0.29, 0.717) is 0 Å². The first-order valence-corrected chi connectivity index (χ1v) is 9.23. The van der Waals surface area contributed by atoms with E-state index in [9.17, 15) is 4.79 Å². The molecule has 4 rings (SSSR count). The van der Waals surface area contributed by atoms with E-state index in [-0.39, 0.29) is 18.0 Å². The minimum Gasteiger partial charge on any atom is -0.313 e. The van der Waals surface area contributed by atoms with Gasteiger partial charge >= 0.3 is 0 Å². The largest absolute Gasteiger partial charge is 0.313 e. The quantitative estimate of drug-likeness (QED) is 0.921. The van der Waals surface area contributed by atoms with Crippen LogP contribution in [0.5, 0.6) is 0 Å². The lowest BCUT2D eigenvalue weighted by Gasteiger charge is -2.29. The maximum atomic E-state index is 12.9. The van der Waals surface area contributed by atoms with Crippen LogP contribution in [0.25, 0.3) is 0 Å². The first-order chi connectivity index (χ1) is 12.2. The number of carbonyl (C=O) groups is 1. The summed E-state index contributed by atoms with van der Waals surface area (Å²) in [6, 6.07) is 8.29. The third kappa shape index (κ3) is 2.95. The van der Waals surface area contributed by atoms with Crippen LogP contribution >= 0.6 is 0 Å². The van der Waals surface area contributed by atoms with Gasteiger partial charge < -0.3 is 14.8 Å². The van der Waals surface area contributed by atoms with Crippen LogP contribution in [0.2, 0.25) is 0 Å². The van der Waals surface area contributed by atoms with E-state index in [4.69, 9.17) is 0 Å². The molecule has 6 heteroatoms. The minimum atomic E-state index is -0.195. The molecule has 25 heavy (non-hydrogen) atoms. The maximum absolute atomic E-state index is 12.9. The number of hydrogen-bond acceptors (Lipinski definition) is 4. The Balaban J connectivity index is 1.43. The topological polar surface area (TPSA) is 63.1 Å². The van der Waals surface area contributed by atoms with Crippen molar-refractivity contribution in [3.8, 4) is 0 Å². The molecule has 2 aliphatic heterocycles. The molecule has 0 spiro atoms. The van der Waals surface area contributed by atoms with Crippen LogP contribution in [0.1, 0.15) is 37.5 Å². The fourth-order valence-electron chi connectivity index (χ4n) is 4.01. The van der Waals surface area contributed by atoms with Gasteiger partial charge in [0.15, 0.2) is 0 Å². The zero-order valence-corrected chi connectivity index (χ0v) is 14.9. The Labute approximate surface area is 148 Å². The smallest absolute Gasteiger partial charge is 0.243 e. The summed E-state index contributed by atoms with van der Waals surface area (Å²) in [4.78, 5) is 14.9. The summed E-state index contributed by atoms with van der Waals surface area (Å²) in [5, 5.41) is 12.1. The van der Waals surface area contributed by atoms with Crippen molar-refractivity contribution in [3.63, 3.8) is 0 Å². The molecule has 0 radical (unpaired) electrons. The number of fused-ring (bicyclic) bond motifs is 2. The number of aromatic nitrogens is 3. The molecule has 0 saturated heterocycles. The molecule has 6 nitrogen and oxygen atoms in total. The lowest BCUT2D eigenvalue weighted by atomic mass is 10.1. The van der Waals surface area contributed by atoms with Gasteiger partial charge in [0.2, 0.25) is 5.91 Å². The number of para-hydroxylation sites is 1. The molecule has 2 aliphatic rings. The van der Waals surface area contributed by atoms with Crippen LogP contribution < -0.4 is 10.2 Å². The molecule has 0 aliphatic carbocycles. The van der Waals surface area contributed by atoms with Crippen molar-refractivity contribution >= 4 is 11.6 Å². The number of rotatable bonds is 4. The van der Waals surface area contributed by atoms with Crippen LogP contribution in [0, 0.1) is 0 Å². The van der Waals surface area contributed by atoms with Gasteiger partial charge in [-0.15, -0.1) is 10.2 Å². The molecule has 1 aromatic carbocycles. The average Bonchev–Trinajstić information content (AvgIpc) is 3.24. The molecule has 132 valence electrons. The molecule has 1 N–H and O–H groups in total. The van der Waals surface area contributed by atoms with Crippen molar-refractivity contribution < 1.29 is 4.79 Å².